The van der Waals surface area contributed by atoms with Crippen LogP contribution in [-0.2, 0) is 9.59 Å². The molecule has 0 aromatic heterocycles. The molecule has 1 amide bonds. The second-order valence-electron chi connectivity index (χ2n) is 5.38. The monoisotopic (exact) mass is 391 g/mol. The van der Waals surface area contributed by atoms with Crippen LogP contribution in [0.25, 0.3) is 0 Å². The van der Waals surface area contributed by atoms with Gasteiger partial charge in [-0.2, -0.15) is 0 Å². The molecule has 26 heavy (non-hydrogen) atoms. The molecule has 0 aliphatic carbocycles. The van der Waals surface area contributed by atoms with Crippen LogP contribution in [0.15, 0.2) is 54.6 Å². The number of hydrogen-bond acceptors (Lipinski definition) is 6. The number of carboxylic acid groups (broad SMARTS) is 1. The first kappa shape index (κ1) is 20.0. The molecule has 4 N–H and O–H groups in total. The molecule has 8 heteroatoms. The van der Waals surface area contributed by atoms with Crippen molar-refractivity contribution >= 4 is 50.5 Å². The molecule has 0 fully saturated rings. The summed E-state index contributed by atoms with van der Waals surface area (Å²) in [6.45, 7) is 1.31. The minimum Gasteiger partial charge on any atom is -0.480 e. The zero-order chi connectivity index (χ0) is 18.8. The van der Waals surface area contributed by atoms with Gasteiger partial charge < -0.3 is 21.1 Å². The number of aliphatic carboxylic acids is 1. The summed E-state index contributed by atoms with van der Waals surface area (Å²) in [6.07, 6.45) is 0. The fourth-order valence-electron chi connectivity index (χ4n) is 2.05. The van der Waals surface area contributed by atoms with E-state index in [2.05, 4.69) is 16.0 Å². The van der Waals surface area contributed by atoms with E-state index in [4.69, 9.17) is 5.11 Å². The van der Waals surface area contributed by atoms with Crippen molar-refractivity contribution in [2.75, 3.05) is 22.3 Å². The number of rotatable bonds is 10. The standard InChI is InChI=1S/C18H21N3O3S2/c1-13(22)20-17(18(23)24)11-25-26-12-19-14-7-9-16(10-8-14)21-15-5-3-2-4-6-15/h2-10,17,19,21H,11-12H2,1H3,(H,20,22)(H,23,24). The van der Waals surface area contributed by atoms with E-state index in [1.807, 2.05) is 54.6 Å². The Labute approximate surface area is 160 Å². The largest absolute Gasteiger partial charge is 0.480 e. The third kappa shape index (κ3) is 7.28. The number of benzene rings is 2. The molecule has 6 nitrogen and oxygen atoms in total. The third-order valence-corrected chi connectivity index (χ3v) is 5.44. The van der Waals surface area contributed by atoms with E-state index >= 15 is 0 Å². The maximum atomic E-state index is 11.0. The summed E-state index contributed by atoms with van der Waals surface area (Å²) in [5.74, 6) is -0.433. The summed E-state index contributed by atoms with van der Waals surface area (Å²) < 4.78 is 0. The molecule has 2 aromatic carbocycles. The van der Waals surface area contributed by atoms with Crippen molar-refractivity contribution in [3.05, 3.63) is 54.6 Å². The van der Waals surface area contributed by atoms with E-state index in [-0.39, 0.29) is 5.91 Å². The molecule has 0 aliphatic heterocycles. The number of para-hydroxylation sites is 1. The number of amides is 1. The lowest BCUT2D eigenvalue weighted by Gasteiger charge is -2.12. The van der Waals surface area contributed by atoms with Crippen LogP contribution >= 0.6 is 21.6 Å². The van der Waals surface area contributed by atoms with Gasteiger partial charge in [-0.15, -0.1) is 0 Å². The van der Waals surface area contributed by atoms with Crippen molar-refractivity contribution in [1.82, 2.24) is 5.32 Å². The predicted octanol–water partition coefficient (Wildman–Crippen LogP) is 3.77. The van der Waals surface area contributed by atoms with Gasteiger partial charge in [0.05, 0.1) is 5.88 Å². The summed E-state index contributed by atoms with van der Waals surface area (Å²) in [5.41, 5.74) is 3.02. The molecule has 2 aromatic rings. The lowest BCUT2D eigenvalue weighted by atomic mass is 10.2. The maximum absolute atomic E-state index is 11.0. The number of carbonyl (C=O) groups is 2. The SMILES string of the molecule is CC(=O)NC(CSSCNc1ccc(Nc2ccccc2)cc1)C(=O)O. The summed E-state index contributed by atoms with van der Waals surface area (Å²) in [5, 5.41) is 18.0. The number of nitrogens with one attached hydrogen (secondary N) is 3. The molecule has 0 spiro atoms. The Hall–Kier alpha value is -2.32. The van der Waals surface area contributed by atoms with Crippen molar-refractivity contribution < 1.29 is 14.7 Å². The van der Waals surface area contributed by atoms with E-state index in [0.717, 1.165) is 17.1 Å². The summed E-state index contributed by atoms with van der Waals surface area (Å²) in [7, 11) is 2.91. The van der Waals surface area contributed by atoms with Gasteiger partial charge in [-0.1, -0.05) is 39.8 Å². The van der Waals surface area contributed by atoms with Crippen LogP contribution in [-0.4, -0.2) is 34.7 Å². The Bertz CT molecular complexity index is 711. The zero-order valence-corrected chi connectivity index (χ0v) is 15.9. The highest BCUT2D eigenvalue weighted by molar-refractivity contribution is 8.76. The Morgan fingerprint density at radius 2 is 1.58 bits per heavy atom. The van der Waals surface area contributed by atoms with E-state index in [1.165, 1.54) is 28.5 Å². The van der Waals surface area contributed by atoms with Gasteiger partial charge in [0.25, 0.3) is 0 Å². The van der Waals surface area contributed by atoms with Crippen molar-refractivity contribution in [3.8, 4) is 0 Å². The Kier molecular flexibility index (Phi) is 8.17. The van der Waals surface area contributed by atoms with Crippen LogP contribution in [0.1, 0.15) is 6.92 Å². The fourth-order valence-corrected chi connectivity index (χ4v) is 3.94. The average Bonchev–Trinajstić information content (AvgIpc) is 2.62. The van der Waals surface area contributed by atoms with Gasteiger partial charge in [0.1, 0.15) is 6.04 Å². The van der Waals surface area contributed by atoms with E-state index in [9.17, 15) is 9.59 Å². The molecule has 2 rings (SSSR count). The second kappa shape index (κ2) is 10.6. The highest BCUT2D eigenvalue weighted by Crippen LogP contribution is 2.24. The number of carbonyl (C=O) groups excluding carboxylic acids is 1. The topological polar surface area (TPSA) is 90.5 Å². The molecule has 0 saturated heterocycles. The zero-order valence-electron chi connectivity index (χ0n) is 14.3. The van der Waals surface area contributed by atoms with Crippen molar-refractivity contribution in [1.29, 1.82) is 0 Å². The van der Waals surface area contributed by atoms with Crippen molar-refractivity contribution in [2.24, 2.45) is 0 Å². The molecule has 0 bridgehead atoms. The van der Waals surface area contributed by atoms with Crippen LogP contribution in [0.5, 0.6) is 0 Å². The first-order chi connectivity index (χ1) is 12.5. The Morgan fingerprint density at radius 3 is 2.19 bits per heavy atom. The van der Waals surface area contributed by atoms with Gasteiger partial charge in [0, 0.05) is 29.7 Å². The quantitative estimate of drug-likeness (QED) is 0.278. The third-order valence-electron chi connectivity index (χ3n) is 3.28. The van der Waals surface area contributed by atoms with E-state index in [1.54, 1.807) is 0 Å². The van der Waals surface area contributed by atoms with Crippen LogP contribution in [0.4, 0.5) is 17.1 Å². The molecule has 1 unspecified atom stereocenters. The van der Waals surface area contributed by atoms with Gasteiger partial charge >= 0.3 is 5.97 Å². The molecule has 1 atom stereocenters. The number of carboxylic acids is 1. The molecule has 0 aliphatic rings. The molecule has 0 heterocycles. The molecular weight excluding hydrogens is 370 g/mol. The van der Waals surface area contributed by atoms with Gasteiger partial charge in [0.2, 0.25) is 5.91 Å². The summed E-state index contributed by atoms with van der Waals surface area (Å²) in [6, 6.07) is 17.0. The first-order valence-electron chi connectivity index (χ1n) is 7.95. The van der Waals surface area contributed by atoms with Crippen LogP contribution in [0.3, 0.4) is 0 Å². The normalized spacial score (nSPS) is 11.4. The highest BCUT2D eigenvalue weighted by atomic mass is 33.1. The molecule has 0 radical (unpaired) electrons. The van der Waals surface area contributed by atoms with Gasteiger partial charge in [-0.25, -0.2) is 4.79 Å². The van der Waals surface area contributed by atoms with Crippen LogP contribution in [0, 0.1) is 0 Å². The lowest BCUT2D eigenvalue weighted by Crippen LogP contribution is -2.41. The Morgan fingerprint density at radius 1 is 0.962 bits per heavy atom. The van der Waals surface area contributed by atoms with Gasteiger partial charge in [-0.3, -0.25) is 4.79 Å². The smallest absolute Gasteiger partial charge is 0.327 e. The summed E-state index contributed by atoms with van der Waals surface area (Å²) in [4.78, 5) is 22.0. The highest BCUT2D eigenvalue weighted by Gasteiger charge is 2.18. The first-order valence-corrected chi connectivity index (χ1v) is 10.4. The average molecular weight is 392 g/mol. The molecule has 0 saturated carbocycles. The maximum Gasteiger partial charge on any atom is 0.327 e. The van der Waals surface area contributed by atoms with Gasteiger partial charge in [-0.05, 0) is 36.4 Å². The number of anilines is 3. The van der Waals surface area contributed by atoms with Crippen LogP contribution < -0.4 is 16.0 Å². The van der Waals surface area contributed by atoms with E-state index < -0.39 is 12.0 Å². The fraction of sp³-hybridized carbons (Fsp3) is 0.222. The lowest BCUT2D eigenvalue weighted by molar-refractivity contribution is -0.140. The molecule has 138 valence electrons. The van der Waals surface area contributed by atoms with Gasteiger partial charge in [0.15, 0.2) is 0 Å². The number of hydrogen-bond donors (Lipinski definition) is 4. The van der Waals surface area contributed by atoms with Crippen molar-refractivity contribution in [3.63, 3.8) is 0 Å². The Balaban J connectivity index is 1.69. The van der Waals surface area contributed by atoms with Crippen LogP contribution in [0.2, 0.25) is 0 Å². The van der Waals surface area contributed by atoms with E-state index in [0.29, 0.717) is 11.6 Å². The minimum absolute atomic E-state index is 0.307. The van der Waals surface area contributed by atoms with Crippen molar-refractivity contribution in [2.45, 2.75) is 13.0 Å². The minimum atomic E-state index is -1.03. The second-order valence-corrected chi connectivity index (χ2v) is 7.89. The summed E-state index contributed by atoms with van der Waals surface area (Å²) >= 11 is 0. The molecular formula is C18H21N3O3S2. The predicted molar refractivity (Wildman–Crippen MR) is 110 cm³/mol.